The molecule has 1 aromatic carbocycles. The SMILES string of the molecule is O=C(OCCCCC1CC1)c1cccc2cnccc12. The van der Waals surface area contributed by atoms with Crippen LogP contribution in [0.3, 0.4) is 0 Å². The maximum atomic E-state index is 12.1. The van der Waals surface area contributed by atoms with Crippen molar-refractivity contribution < 1.29 is 9.53 Å². The van der Waals surface area contributed by atoms with Crippen LogP contribution in [0, 0.1) is 5.92 Å². The van der Waals surface area contributed by atoms with Gasteiger partial charge < -0.3 is 4.74 Å². The third-order valence-electron chi connectivity index (χ3n) is 3.84. The van der Waals surface area contributed by atoms with Gasteiger partial charge in [0.05, 0.1) is 12.2 Å². The fourth-order valence-electron chi connectivity index (χ4n) is 2.48. The number of unbranched alkanes of at least 4 members (excludes halogenated alkanes) is 1. The number of carbonyl (C=O) groups is 1. The monoisotopic (exact) mass is 269 g/mol. The van der Waals surface area contributed by atoms with Crippen molar-refractivity contribution in [1.29, 1.82) is 0 Å². The minimum absolute atomic E-state index is 0.228. The first-order valence-corrected chi connectivity index (χ1v) is 7.34. The molecule has 1 aliphatic carbocycles. The number of rotatable bonds is 6. The van der Waals surface area contributed by atoms with E-state index >= 15 is 0 Å². The zero-order valence-corrected chi connectivity index (χ0v) is 11.5. The van der Waals surface area contributed by atoms with Crippen LogP contribution in [0.4, 0.5) is 0 Å². The van der Waals surface area contributed by atoms with E-state index < -0.39 is 0 Å². The molecule has 2 aromatic rings. The van der Waals surface area contributed by atoms with Crippen LogP contribution in [0.2, 0.25) is 0 Å². The Bertz CT molecular complexity index is 599. The number of esters is 1. The van der Waals surface area contributed by atoms with E-state index in [1.165, 1.54) is 19.3 Å². The first-order valence-electron chi connectivity index (χ1n) is 7.34. The van der Waals surface area contributed by atoms with Gasteiger partial charge in [-0.05, 0) is 36.3 Å². The van der Waals surface area contributed by atoms with Crippen molar-refractivity contribution in [2.75, 3.05) is 6.61 Å². The summed E-state index contributed by atoms with van der Waals surface area (Å²) in [5, 5.41) is 1.88. The Morgan fingerprint density at radius 3 is 3.00 bits per heavy atom. The van der Waals surface area contributed by atoms with Crippen LogP contribution < -0.4 is 0 Å². The summed E-state index contributed by atoms with van der Waals surface area (Å²) in [4.78, 5) is 16.2. The van der Waals surface area contributed by atoms with Gasteiger partial charge in [0, 0.05) is 17.8 Å². The minimum atomic E-state index is -0.228. The zero-order chi connectivity index (χ0) is 13.8. The van der Waals surface area contributed by atoms with Crippen molar-refractivity contribution in [3.05, 3.63) is 42.2 Å². The molecule has 0 atom stereocenters. The number of ether oxygens (including phenoxy) is 1. The molecule has 104 valence electrons. The van der Waals surface area contributed by atoms with Crippen LogP contribution in [0.1, 0.15) is 42.5 Å². The van der Waals surface area contributed by atoms with Gasteiger partial charge in [-0.3, -0.25) is 4.98 Å². The van der Waals surface area contributed by atoms with E-state index in [0.29, 0.717) is 12.2 Å². The molecule has 0 N–H and O–H groups in total. The van der Waals surface area contributed by atoms with Crippen molar-refractivity contribution in [3.63, 3.8) is 0 Å². The fourth-order valence-corrected chi connectivity index (χ4v) is 2.48. The second-order valence-corrected chi connectivity index (χ2v) is 5.48. The van der Waals surface area contributed by atoms with Gasteiger partial charge in [0.25, 0.3) is 0 Å². The van der Waals surface area contributed by atoms with Gasteiger partial charge in [0.1, 0.15) is 0 Å². The van der Waals surface area contributed by atoms with E-state index in [9.17, 15) is 4.79 Å². The molecule has 0 amide bonds. The number of hydrogen-bond donors (Lipinski definition) is 0. The molecule has 1 saturated carbocycles. The second-order valence-electron chi connectivity index (χ2n) is 5.48. The molecule has 0 saturated heterocycles. The lowest BCUT2D eigenvalue weighted by Crippen LogP contribution is -2.07. The Morgan fingerprint density at radius 1 is 1.25 bits per heavy atom. The number of aromatic nitrogens is 1. The van der Waals surface area contributed by atoms with E-state index in [1.54, 1.807) is 12.4 Å². The van der Waals surface area contributed by atoms with Crippen LogP contribution in [-0.4, -0.2) is 17.6 Å². The lowest BCUT2D eigenvalue weighted by atomic mass is 10.1. The van der Waals surface area contributed by atoms with Crippen molar-refractivity contribution >= 4 is 16.7 Å². The third-order valence-corrected chi connectivity index (χ3v) is 3.84. The molecule has 0 bridgehead atoms. The maximum Gasteiger partial charge on any atom is 0.338 e. The average Bonchev–Trinajstić information content (AvgIpc) is 3.30. The highest BCUT2D eigenvalue weighted by atomic mass is 16.5. The summed E-state index contributed by atoms with van der Waals surface area (Å²) < 4.78 is 5.38. The Hall–Kier alpha value is -1.90. The fraction of sp³-hybridized carbons (Fsp3) is 0.412. The lowest BCUT2D eigenvalue weighted by Gasteiger charge is -2.07. The summed E-state index contributed by atoms with van der Waals surface area (Å²) >= 11 is 0. The molecule has 0 aliphatic heterocycles. The van der Waals surface area contributed by atoms with Crippen LogP contribution in [0.5, 0.6) is 0 Å². The lowest BCUT2D eigenvalue weighted by molar-refractivity contribution is 0.0500. The molecule has 3 heteroatoms. The molecule has 20 heavy (non-hydrogen) atoms. The van der Waals surface area contributed by atoms with E-state index in [2.05, 4.69) is 4.98 Å². The first kappa shape index (κ1) is 13.1. The van der Waals surface area contributed by atoms with Gasteiger partial charge >= 0.3 is 5.97 Å². The summed E-state index contributed by atoms with van der Waals surface area (Å²) in [7, 11) is 0. The molecule has 1 aromatic heterocycles. The molecule has 1 fully saturated rings. The van der Waals surface area contributed by atoms with Crippen LogP contribution in [0.15, 0.2) is 36.7 Å². The van der Waals surface area contributed by atoms with Gasteiger partial charge in [-0.25, -0.2) is 4.79 Å². The summed E-state index contributed by atoms with van der Waals surface area (Å²) in [5.41, 5.74) is 0.632. The van der Waals surface area contributed by atoms with Crippen molar-refractivity contribution in [3.8, 4) is 0 Å². The van der Waals surface area contributed by atoms with Gasteiger partial charge in [-0.15, -0.1) is 0 Å². The number of benzene rings is 1. The van der Waals surface area contributed by atoms with E-state index in [4.69, 9.17) is 4.74 Å². The van der Waals surface area contributed by atoms with Crippen molar-refractivity contribution in [2.24, 2.45) is 5.92 Å². The van der Waals surface area contributed by atoms with E-state index in [-0.39, 0.29) is 5.97 Å². The number of fused-ring (bicyclic) bond motifs is 1. The molecular weight excluding hydrogens is 250 g/mol. The Labute approximate surface area is 119 Å². The predicted octanol–water partition coefficient (Wildman–Crippen LogP) is 3.97. The summed E-state index contributed by atoms with van der Waals surface area (Å²) in [5.74, 6) is 0.726. The van der Waals surface area contributed by atoms with Crippen molar-refractivity contribution in [2.45, 2.75) is 32.1 Å². The Balaban J connectivity index is 1.57. The first-order chi connectivity index (χ1) is 9.84. The van der Waals surface area contributed by atoms with Crippen molar-refractivity contribution in [1.82, 2.24) is 4.98 Å². The molecule has 3 rings (SSSR count). The predicted molar refractivity (Wildman–Crippen MR) is 78.6 cm³/mol. The largest absolute Gasteiger partial charge is 0.462 e. The highest BCUT2D eigenvalue weighted by Gasteiger charge is 2.20. The van der Waals surface area contributed by atoms with E-state index in [0.717, 1.165) is 29.5 Å². The summed E-state index contributed by atoms with van der Waals surface area (Å²) in [6.45, 7) is 0.521. The van der Waals surface area contributed by atoms with Gasteiger partial charge in [0.15, 0.2) is 0 Å². The molecule has 1 aliphatic rings. The minimum Gasteiger partial charge on any atom is -0.462 e. The van der Waals surface area contributed by atoms with E-state index in [1.807, 2.05) is 24.3 Å². The highest BCUT2D eigenvalue weighted by Crippen LogP contribution is 2.33. The molecule has 0 unspecified atom stereocenters. The molecule has 0 radical (unpaired) electrons. The maximum absolute atomic E-state index is 12.1. The van der Waals surface area contributed by atoms with Crippen LogP contribution in [-0.2, 0) is 4.74 Å². The highest BCUT2D eigenvalue weighted by molar-refractivity contribution is 6.04. The molecule has 1 heterocycles. The van der Waals surface area contributed by atoms with Gasteiger partial charge in [-0.1, -0.05) is 31.4 Å². The quantitative estimate of drug-likeness (QED) is 0.588. The topological polar surface area (TPSA) is 39.2 Å². The van der Waals surface area contributed by atoms with Crippen LogP contribution in [0.25, 0.3) is 10.8 Å². The zero-order valence-electron chi connectivity index (χ0n) is 11.5. The molecule has 3 nitrogen and oxygen atoms in total. The average molecular weight is 269 g/mol. The van der Waals surface area contributed by atoms with Crippen LogP contribution >= 0.6 is 0 Å². The summed E-state index contributed by atoms with van der Waals surface area (Å²) in [6, 6.07) is 7.50. The van der Waals surface area contributed by atoms with Gasteiger partial charge in [-0.2, -0.15) is 0 Å². The normalized spacial score (nSPS) is 14.4. The molecular formula is C17H19NO2. The standard InChI is InChI=1S/C17H19NO2/c19-17(20-11-2-1-4-13-7-8-13)16-6-3-5-14-12-18-10-9-15(14)16/h3,5-6,9-10,12-13H,1-2,4,7-8,11H2. The number of hydrogen-bond acceptors (Lipinski definition) is 3. The molecule has 0 spiro atoms. The number of nitrogens with zero attached hydrogens (tertiary/aromatic N) is 1. The number of carbonyl (C=O) groups excluding carboxylic acids is 1. The Kier molecular flexibility index (Phi) is 3.95. The third kappa shape index (κ3) is 3.16. The van der Waals surface area contributed by atoms with Gasteiger partial charge in [0.2, 0.25) is 0 Å². The Morgan fingerprint density at radius 2 is 2.15 bits per heavy atom. The smallest absolute Gasteiger partial charge is 0.338 e. The summed E-state index contributed by atoms with van der Waals surface area (Å²) in [6.07, 6.45) is 9.67. The number of pyridine rings is 1. The second kappa shape index (κ2) is 6.04.